The van der Waals surface area contributed by atoms with Gasteiger partial charge in [0, 0.05) is 25.4 Å². The van der Waals surface area contributed by atoms with Gasteiger partial charge in [0.25, 0.3) is 0 Å². The highest BCUT2D eigenvalue weighted by atomic mass is 127. The Kier molecular flexibility index (Phi) is 10.6. The molecule has 7 heteroatoms. The third-order valence-electron chi connectivity index (χ3n) is 3.74. The van der Waals surface area contributed by atoms with E-state index >= 15 is 0 Å². The Morgan fingerprint density at radius 3 is 2.88 bits per heavy atom. The van der Waals surface area contributed by atoms with Crippen LogP contribution in [0.2, 0.25) is 0 Å². The van der Waals surface area contributed by atoms with Gasteiger partial charge in [-0.15, -0.1) is 30.4 Å². The van der Waals surface area contributed by atoms with E-state index in [1.54, 1.807) is 14.2 Å². The zero-order valence-corrected chi connectivity index (χ0v) is 17.9. The highest BCUT2D eigenvalue weighted by molar-refractivity contribution is 14.0. The van der Waals surface area contributed by atoms with Crippen LogP contribution < -0.4 is 20.1 Å². The van der Waals surface area contributed by atoms with Crippen LogP contribution in [0.25, 0.3) is 0 Å². The summed E-state index contributed by atoms with van der Waals surface area (Å²) in [7, 11) is 3.40. The van der Waals surface area contributed by atoms with Crippen molar-refractivity contribution in [3.63, 3.8) is 0 Å². The van der Waals surface area contributed by atoms with Crippen molar-refractivity contribution in [1.82, 2.24) is 10.6 Å². The highest BCUT2D eigenvalue weighted by Crippen LogP contribution is 2.28. The molecule has 1 fully saturated rings. The summed E-state index contributed by atoms with van der Waals surface area (Å²) in [5.41, 5.74) is 1.07. The van der Waals surface area contributed by atoms with E-state index in [4.69, 9.17) is 15.9 Å². The minimum atomic E-state index is 0. The lowest BCUT2D eigenvalue weighted by atomic mass is 10.2. The van der Waals surface area contributed by atoms with Gasteiger partial charge < -0.3 is 20.1 Å². The molecule has 1 saturated heterocycles. The third kappa shape index (κ3) is 7.24. The van der Waals surface area contributed by atoms with Crippen LogP contribution in [-0.4, -0.2) is 44.3 Å². The number of rotatable bonds is 7. The molecule has 25 heavy (non-hydrogen) atoms. The van der Waals surface area contributed by atoms with Gasteiger partial charge in [-0.1, -0.05) is 12.0 Å². The minimum absolute atomic E-state index is 0. The highest BCUT2D eigenvalue weighted by Gasteiger charge is 2.15. The van der Waals surface area contributed by atoms with Crippen LogP contribution in [-0.2, 0) is 6.54 Å². The molecular weight excluding hydrogens is 449 g/mol. The van der Waals surface area contributed by atoms with Crippen molar-refractivity contribution in [2.24, 2.45) is 4.99 Å². The predicted octanol–water partition coefficient (Wildman–Crippen LogP) is 2.89. The Bertz CT molecular complexity index is 598. The second-order valence-electron chi connectivity index (χ2n) is 5.42. The number of terminal acetylenes is 1. The fraction of sp³-hybridized carbons (Fsp3) is 0.500. The number of hydrogen-bond acceptors (Lipinski definition) is 4. The first kappa shape index (κ1) is 21.8. The van der Waals surface area contributed by atoms with E-state index in [0.29, 0.717) is 23.3 Å². The van der Waals surface area contributed by atoms with Crippen molar-refractivity contribution >= 4 is 41.7 Å². The Balaban J connectivity index is 0.00000312. The topological polar surface area (TPSA) is 54.9 Å². The van der Waals surface area contributed by atoms with Gasteiger partial charge in [-0.25, -0.2) is 0 Å². The van der Waals surface area contributed by atoms with E-state index in [9.17, 15) is 0 Å². The molecule has 1 unspecified atom stereocenters. The van der Waals surface area contributed by atoms with Gasteiger partial charge in [-0.3, -0.25) is 4.99 Å². The molecule has 0 aromatic heterocycles. The molecule has 1 aliphatic heterocycles. The van der Waals surface area contributed by atoms with Crippen molar-refractivity contribution < 1.29 is 9.47 Å². The summed E-state index contributed by atoms with van der Waals surface area (Å²) in [6, 6.07) is 5.81. The maximum atomic E-state index is 5.53. The first-order valence-electron chi connectivity index (χ1n) is 8.06. The standard InChI is InChI=1S/C18H25N3O2S.HI/c1-4-9-23-17-11-14(7-8-16(17)22-3)12-20-18(19-2)21-13-15-6-5-10-24-15;/h1,7-8,11,15H,5-6,9-10,12-13H2,2-3H3,(H2,19,20,21);1H. The molecule has 138 valence electrons. The normalized spacial score (nSPS) is 16.5. The molecule has 1 aromatic carbocycles. The summed E-state index contributed by atoms with van der Waals surface area (Å²) in [5.74, 6) is 5.87. The number of halogens is 1. The van der Waals surface area contributed by atoms with Crippen LogP contribution in [0.1, 0.15) is 18.4 Å². The van der Waals surface area contributed by atoms with E-state index < -0.39 is 0 Å². The van der Waals surface area contributed by atoms with Crippen LogP contribution in [0.15, 0.2) is 23.2 Å². The molecule has 1 atom stereocenters. The Morgan fingerprint density at radius 2 is 2.24 bits per heavy atom. The second kappa shape index (κ2) is 12.1. The summed E-state index contributed by atoms with van der Waals surface area (Å²) < 4.78 is 10.8. The van der Waals surface area contributed by atoms with Gasteiger partial charge in [0.15, 0.2) is 17.5 Å². The predicted molar refractivity (Wildman–Crippen MR) is 116 cm³/mol. The van der Waals surface area contributed by atoms with Crippen molar-refractivity contribution in [3.8, 4) is 23.8 Å². The molecular formula is C18H26IN3O2S. The smallest absolute Gasteiger partial charge is 0.191 e. The van der Waals surface area contributed by atoms with Gasteiger partial charge in [-0.2, -0.15) is 11.8 Å². The average Bonchev–Trinajstić information content (AvgIpc) is 3.13. The van der Waals surface area contributed by atoms with E-state index in [2.05, 4.69) is 21.5 Å². The first-order valence-corrected chi connectivity index (χ1v) is 9.11. The number of hydrogen-bond donors (Lipinski definition) is 2. The van der Waals surface area contributed by atoms with Crippen LogP contribution in [0, 0.1) is 12.3 Å². The van der Waals surface area contributed by atoms with E-state index in [1.807, 2.05) is 30.0 Å². The van der Waals surface area contributed by atoms with E-state index in [0.717, 1.165) is 18.1 Å². The lowest BCUT2D eigenvalue weighted by molar-refractivity contribution is 0.330. The zero-order chi connectivity index (χ0) is 17.2. The number of nitrogens with zero attached hydrogens (tertiary/aromatic N) is 1. The van der Waals surface area contributed by atoms with Gasteiger partial charge in [0.2, 0.25) is 0 Å². The number of nitrogens with one attached hydrogen (secondary N) is 2. The van der Waals surface area contributed by atoms with E-state index in [-0.39, 0.29) is 30.6 Å². The van der Waals surface area contributed by atoms with Crippen LogP contribution >= 0.6 is 35.7 Å². The Morgan fingerprint density at radius 1 is 1.40 bits per heavy atom. The summed E-state index contributed by atoms with van der Waals surface area (Å²) >= 11 is 2.03. The molecule has 2 rings (SSSR count). The van der Waals surface area contributed by atoms with E-state index in [1.165, 1.54) is 18.6 Å². The summed E-state index contributed by atoms with van der Waals surface area (Å²) in [4.78, 5) is 4.27. The Labute approximate surface area is 171 Å². The maximum absolute atomic E-state index is 5.53. The molecule has 2 N–H and O–H groups in total. The van der Waals surface area contributed by atoms with Crippen molar-refractivity contribution in [2.45, 2.75) is 24.6 Å². The first-order chi connectivity index (χ1) is 11.8. The van der Waals surface area contributed by atoms with Crippen LogP contribution in [0.3, 0.4) is 0 Å². The van der Waals surface area contributed by atoms with Gasteiger partial charge in [0.1, 0.15) is 6.61 Å². The third-order valence-corrected chi connectivity index (χ3v) is 5.14. The number of benzene rings is 1. The fourth-order valence-electron chi connectivity index (χ4n) is 2.49. The largest absolute Gasteiger partial charge is 0.493 e. The molecule has 1 heterocycles. The number of methoxy groups -OCH3 is 1. The number of thioether (sulfide) groups is 1. The fourth-order valence-corrected chi connectivity index (χ4v) is 3.69. The van der Waals surface area contributed by atoms with Gasteiger partial charge >= 0.3 is 0 Å². The van der Waals surface area contributed by atoms with Crippen LogP contribution in [0.4, 0.5) is 0 Å². The quantitative estimate of drug-likeness (QED) is 0.275. The minimum Gasteiger partial charge on any atom is -0.493 e. The lowest BCUT2D eigenvalue weighted by Crippen LogP contribution is -2.39. The molecule has 0 radical (unpaired) electrons. The molecule has 1 aliphatic rings. The van der Waals surface area contributed by atoms with Crippen molar-refractivity contribution in [2.75, 3.05) is 33.1 Å². The molecule has 0 spiro atoms. The number of ether oxygens (including phenoxy) is 2. The lowest BCUT2D eigenvalue weighted by Gasteiger charge is -2.15. The summed E-state index contributed by atoms with van der Waals surface area (Å²) in [6.45, 7) is 1.81. The summed E-state index contributed by atoms with van der Waals surface area (Å²) in [6.07, 6.45) is 7.85. The SMILES string of the molecule is C#CCOc1cc(CNC(=NC)NCC2CCCS2)ccc1OC.I. The molecule has 1 aromatic rings. The number of guanidine groups is 1. The monoisotopic (exact) mass is 475 g/mol. The van der Waals surface area contributed by atoms with Crippen molar-refractivity contribution in [3.05, 3.63) is 23.8 Å². The molecule has 0 amide bonds. The molecule has 0 bridgehead atoms. The van der Waals surface area contributed by atoms with Gasteiger partial charge in [0.05, 0.1) is 7.11 Å². The second-order valence-corrected chi connectivity index (χ2v) is 6.83. The summed E-state index contributed by atoms with van der Waals surface area (Å²) in [5, 5.41) is 7.40. The van der Waals surface area contributed by atoms with Gasteiger partial charge in [-0.05, 0) is 36.3 Å². The maximum Gasteiger partial charge on any atom is 0.191 e. The number of aliphatic imine (C=N–C) groups is 1. The average molecular weight is 475 g/mol. The molecule has 0 aliphatic carbocycles. The molecule has 0 saturated carbocycles. The van der Waals surface area contributed by atoms with Crippen molar-refractivity contribution in [1.29, 1.82) is 0 Å². The zero-order valence-electron chi connectivity index (χ0n) is 14.7. The molecule has 5 nitrogen and oxygen atoms in total. The van der Waals surface area contributed by atoms with Crippen LogP contribution in [0.5, 0.6) is 11.5 Å². The Hall–Kier alpha value is -1.27.